The summed E-state index contributed by atoms with van der Waals surface area (Å²) in [5.74, 6) is -0.829. The molecule has 1 aromatic rings. The van der Waals surface area contributed by atoms with Crippen LogP contribution in [0.5, 0.6) is 0 Å². The maximum atomic E-state index is 12.1. The Hall–Kier alpha value is -1.20. The van der Waals surface area contributed by atoms with Crippen molar-refractivity contribution in [1.82, 2.24) is 0 Å². The van der Waals surface area contributed by atoms with E-state index in [1.807, 2.05) is 6.07 Å². The number of rotatable bonds is 5. The van der Waals surface area contributed by atoms with E-state index in [9.17, 15) is 9.59 Å². The lowest BCUT2D eigenvalue weighted by atomic mass is 10.00. The monoisotopic (exact) mass is 340 g/mol. The van der Waals surface area contributed by atoms with E-state index >= 15 is 0 Å². The molecule has 1 aromatic carbocycles. The predicted molar refractivity (Wildman–Crippen MR) is 77.6 cm³/mol. The number of hydrogen-bond donors (Lipinski definition) is 0. The Morgan fingerprint density at radius 2 is 2.30 bits per heavy atom. The highest BCUT2D eigenvalue weighted by atomic mass is 79.9. The van der Waals surface area contributed by atoms with Gasteiger partial charge in [-0.1, -0.05) is 35.0 Å². The minimum absolute atomic E-state index is 0.0570. The van der Waals surface area contributed by atoms with Gasteiger partial charge >= 0.3 is 5.97 Å². The first kappa shape index (κ1) is 15.2. The molecule has 1 fully saturated rings. The number of halogens is 1. The van der Waals surface area contributed by atoms with Crippen LogP contribution in [0.3, 0.4) is 0 Å². The second-order valence-corrected chi connectivity index (χ2v) is 5.88. The highest BCUT2D eigenvalue weighted by molar-refractivity contribution is 9.10. The summed E-state index contributed by atoms with van der Waals surface area (Å²) < 4.78 is 11.3. The van der Waals surface area contributed by atoms with Crippen LogP contribution in [0.4, 0.5) is 0 Å². The average Bonchev–Trinajstić information content (AvgIpc) is 2.91. The van der Waals surface area contributed by atoms with E-state index in [2.05, 4.69) is 15.9 Å². The van der Waals surface area contributed by atoms with Crippen LogP contribution in [0, 0.1) is 5.92 Å². The maximum absolute atomic E-state index is 12.1. The Kier molecular flexibility index (Phi) is 5.31. The molecule has 0 amide bonds. The van der Waals surface area contributed by atoms with Gasteiger partial charge in [0.2, 0.25) is 0 Å². The van der Waals surface area contributed by atoms with Crippen LogP contribution >= 0.6 is 15.9 Å². The first-order valence-corrected chi connectivity index (χ1v) is 7.42. The van der Waals surface area contributed by atoms with Crippen molar-refractivity contribution < 1.29 is 19.1 Å². The van der Waals surface area contributed by atoms with Gasteiger partial charge in [-0.2, -0.15) is 0 Å². The molecule has 0 bridgehead atoms. The molecule has 0 spiro atoms. The van der Waals surface area contributed by atoms with Crippen molar-refractivity contribution in [3.8, 4) is 0 Å². The summed E-state index contributed by atoms with van der Waals surface area (Å²) in [5, 5.41) is 0. The molecular formula is C15H17BrO4. The molecule has 2 rings (SSSR count). The Bertz CT molecular complexity index is 494. The molecular weight excluding hydrogens is 324 g/mol. The van der Waals surface area contributed by atoms with Crippen molar-refractivity contribution in [2.75, 3.05) is 13.2 Å². The van der Waals surface area contributed by atoms with Crippen molar-refractivity contribution in [3.63, 3.8) is 0 Å². The zero-order valence-electron chi connectivity index (χ0n) is 11.3. The molecule has 0 aliphatic carbocycles. The molecule has 0 aromatic heterocycles. The third kappa shape index (κ3) is 4.15. The number of Topliss-reactive ketones (excluding diaryl/α,β-unsaturated/α-hetero) is 1. The summed E-state index contributed by atoms with van der Waals surface area (Å²) in [6.07, 6.45) is 0.729. The third-order valence-corrected chi connectivity index (χ3v) is 3.70. The SMILES string of the molecule is C[C@H](CC(=O)c1cccc(Br)c1)C(=O)O[C@@H]1CCOC1. The Morgan fingerprint density at radius 1 is 1.50 bits per heavy atom. The van der Waals surface area contributed by atoms with Crippen molar-refractivity contribution in [2.24, 2.45) is 5.92 Å². The number of ether oxygens (including phenoxy) is 2. The van der Waals surface area contributed by atoms with Gasteiger partial charge in [-0.3, -0.25) is 9.59 Å². The Balaban J connectivity index is 1.88. The molecule has 108 valence electrons. The smallest absolute Gasteiger partial charge is 0.309 e. The largest absolute Gasteiger partial charge is 0.460 e. The molecule has 4 nitrogen and oxygen atoms in total. The molecule has 20 heavy (non-hydrogen) atoms. The summed E-state index contributed by atoms with van der Waals surface area (Å²) in [6.45, 7) is 2.80. The van der Waals surface area contributed by atoms with Crippen molar-refractivity contribution in [1.29, 1.82) is 0 Å². The minimum Gasteiger partial charge on any atom is -0.460 e. The number of esters is 1. The van der Waals surface area contributed by atoms with Gasteiger partial charge in [0, 0.05) is 22.9 Å². The molecule has 0 saturated carbocycles. The lowest BCUT2D eigenvalue weighted by Crippen LogP contribution is -2.24. The summed E-state index contributed by atoms with van der Waals surface area (Å²) in [7, 11) is 0. The third-order valence-electron chi connectivity index (χ3n) is 3.21. The van der Waals surface area contributed by atoms with Gasteiger partial charge < -0.3 is 9.47 Å². The van der Waals surface area contributed by atoms with Gasteiger partial charge in [-0.15, -0.1) is 0 Å². The van der Waals surface area contributed by atoms with Gasteiger partial charge in [0.25, 0.3) is 0 Å². The van der Waals surface area contributed by atoms with Crippen LogP contribution in [0.1, 0.15) is 30.1 Å². The van der Waals surface area contributed by atoms with Gasteiger partial charge in [0.1, 0.15) is 6.10 Å². The number of benzene rings is 1. The van der Waals surface area contributed by atoms with E-state index in [-0.39, 0.29) is 24.3 Å². The lowest BCUT2D eigenvalue weighted by Gasteiger charge is -2.14. The van der Waals surface area contributed by atoms with E-state index in [1.165, 1.54) is 0 Å². The fourth-order valence-corrected chi connectivity index (χ4v) is 2.43. The van der Waals surface area contributed by atoms with Gasteiger partial charge in [0.05, 0.1) is 19.1 Å². The number of carbonyl (C=O) groups is 2. The van der Waals surface area contributed by atoms with Gasteiger partial charge in [-0.05, 0) is 12.1 Å². The first-order chi connectivity index (χ1) is 9.56. The Labute approximate surface area is 126 Å². The molecule has 1 aliphatic rings. The summed E-state index contributed by atoms with van der Waals surface area (Å²) in [6, 6.07) is 7.16. The van der Waals surface area contributed by atoms with Gasteiger partial charge in [-0.25, -0.2) is 0 Å². The summed E-state index contributed by atoms with van der Waals surface area (Å²) >= 11 is 3.33. The average molecular weight is 341 g/mol. The van der Waals surface area contributed by atoms with E-state index < -0.39 is 5.92 Å². The fourth-order valence-electron chi connectivity index (χ4n) is 2.03. The molecule has 1 heterocycles. The first-order valence-electron chi connectivity index (χ1n) is 6.63. The van der Waals surface area contributed by atoms with Crippen molar-refractivity contribution >= 4 is 27.7 Å². The van der Waals surface area contributed by atoms with Gasteiger partial charge in [0.15, 0.2) is 5.78 Å². The number of hydrogen-bond acceptors (Lipinski definition) is 4. The lowest BCUT2D eigenvalue weighted by molar-refractivity contribution is -0.153. The van der Waals surface area contributed by atoms with Crippen molar-refractivity contribution in [3.05, 3.63) is 34.3 Å². The standard InChI is InChI=1S/C15H17BrO4/c1-10(15(18)20-13-5-6-19-9-13)7-14(17)11-3-2-4-12(16)8-11/h2-4,8,10,13H,5-7,9H2,1H3/t10-,13-/m1/s1. The van der Waals surface area contributed by atoms with E-state index in [1.54, 1.807) is 25.1 Å². The zero-order valence-corrected chi connectivity index (χ0v) is 12.9. The quantitative estimate of drug-likeness (QED) is 0.610. The minimum atomic E-state index is -0.443. The molecule has 0 N–H and O–H groups in total. The predicted octanol–water partition coefficient (Wildman–Crippen LogP) is 2.99. The van der Waals surface area contributed by atoms with Crippen LogP contribution in [0.15, 0.2) is 28.7 Å². The van der Waals surface area contributed by atoms with E-state index in [0.717, 1.165) is 10.9 Å². The molecule has 1 aliphatic heterocycles. The molecule has 5 heteroatoms. The maximum Gasteiger partial charge on any atom is 0.309 e. The summed E-state index contributed by atoms with van der Waals surface area (Å²) in [5.41, 5.74) is 0.600. The number of ketones is 1. The second kappa shape index (κ2) is 6.99. The van der Waals surface area contributed by atoms with Crippen molar-refractivity contribution in [2.45, 2.75) is 25.9 Å². The highest BCUT2D eigenvalue weighted by Gasteiger charge is 2.25. The molecule has 0 unspecified atom stereocenters. The molecule has 2 atom stereocenters. The van der Waals surface area contributed by atoms with Crippen LogP contribution in [0.25, 0.3) is 0 Å². The summed E-state index contributed by atoms with van der Waals surface area (Å²) in [4.78, 5) is 24.0. The van der Waals surface area contributed by atoms with Crippen LogP contribution in [0.2, 0.25) is 0 Å². The number of carbonyl (C=O) groups excluding carboxylic acids is 2. The van der Waals surface area contributed by atoms with Crippen LogP contribution in [-0.2, 0) is 14.3 Å². The Morgan fingerprint density at radius 3 is 2.95 bits per heavy atom. The van der Waals surface area contributed by atoms with Crippen LogP contribution in [-0.4, -0.2) is 31.1 Å². The van der Waals surface area contributed by atoms with E-state index in [0.29, 0.717) is 18.8 Å². The molecule has 0 radical (unpaired) electrons. The second-order valence-electron chi connectivity index (χ2n) is 4.96. The fraction of sp³-hybridized carbons (Fsp3) is 0.467. The topological polar surface area (TPSA) is 52.6 Å². The molecule has 1 saturated heterocycles. The normalized spacial score (nSPS) is 19.6. The van der Waals surface area contributed by atoms with E-state index in [4.69, 9.17) is 9.47 Å². The zero-order chi connectivity index (χ0) is 14.5. The van der Waals surface area contributed by atoms with Crippen LogP contribution < -0.4 is 0 Å². The highest BCUT2D eigenvalue weighted by Crippen LogP contribution is 2.17.